The fourth-order valence-corrected chi connectivity index (χ4v) is 6.88. The summed E-state index contributed by atoms with van der Waals surface area (Å²) in [6, 6.07) is 12.5. The lowest BCUT2D eigenvalue weighted by molar-refractivity contribution is -0.132. The van der Waals surface area contributed by atoms with Crippen molar-refractivity contribution in [1.29, 1.82) is 10.5 Å². The van der Waals surface area contributed by atoms with Gasteiger partial charge in [0.15, 0.2) is 10.3 Å². The molecule has 2 aliphatic heterocycles. The van der Waals surface area contributed by atoms with E-state index in [2.05, 4.69) is 19.8 Å². The summed E-state index contributed by atoms with van der Waals surface area (Å²) in [6.45, 7) is 5.89. The van der Waals surface area contributed by atoms with Gasteiger partial charge in [0.1, 0.15) is 23.8 Å². The van der Waals surface area contributed by atoms with Crippen LogP contribution < -0.4 is 9.80 Å². The summed E-state index contributed by atoms with van der Waals surface area (Å²) in [5.41, 5.74) is 1.67. The van der Waals surface area contributed by atoms with Crippen LogP contribution in [0.3, 0.4) is 0 Å². The monoisotopic (exact) mass is 688 g/mol. The Labute approximate surface area is 286 Å². The highest BCUT2D eigenvalue weighted by atomic mass is 32.1. The molecular weight excluding hydrogens is 655 g/mol. The van der Waals surface area contributed by atoms with Crippen molar-refractivity contribution < 1.29 is 18.4 Å². The van der Waals surface area contributed by atoms with Gasteiger partial charge in [0, 0.05) is 88.4 Å². The first kappa shape index (κ1) is 34.4. The van der Waals surface area contributed by atoms with Crippen LogP contribution >= 0.6 is 22.7 Å². The summed E-state index contributed by atoms with van der Waals surface area (Å²) in [5, 5.41) is 23.6. The molecule has 0 saturated carbocycles. The van der Waals surface area contributed by atoms with E-state index in [9.17, 15) is 18.4 Å². The number of hydrogen-bond acceptors (Lipinski definition) is 10. The highest BCUT2D eigenvalue weighted by molar-refractivity contribution is 7.13. The minimum absolute atomic E-state index is 0.0250. The third-order valence-corrected chi connectivity index (χ3v) is 9.87. The fraction of sp³-hybridized carbons (Fsp3) is 0.353. The molecule has 10 nitrogen and oxygen atoms in total. The van der Waals surface area contributed by atoms with Crippen molar-refractivity contribution in [1.82, 2.24) is 19.8 Å². The first-order valence-electron chi connectivity index (χ1n) is 15.6. The number of benzene rings is 2. The second kappa shape index (κ2) is 16.8. The van der Waals surface area contributed by atoms with Gasteiger partial charge in [-0.25, -0.2) is 18.7 Å². The first-order chi connectivity index (χ1) is 23.3. The molecule has 0 spiro atoms. The van der Waals surface area contributed by atoms with Crippen LogP contribution in [0.5, 0.6) is 0 Å². The summed E-state index contributed by atoms with van der Waals surface area (Å²) in [7, 11) is 0. The van der Waals surface area contributed by atoms with Crippen LogP contribution in [0.25, 0.3) is 0 Å². The van der Waals surface area contributed by atoms with E-state index in [1.165, 1.54) is 24.3 Å². The molecule has 2 aromatic carbocycles. The summed E-state index contributed by atoms with van der Waals surface area (Å²) >= 11 is 3.21. The van der Waals surface area contributed by atoms with E-state index in [4.69, 9.17) is 10.5 Å². The lowest BCUT2D eigenvalue weighted by atomic mass is 10.1. The minimum atomic E-state index is -0.522. The van der Waals surface area contributed by atoms with Gasteiger partial charge in [-0.15, -0.1) is 22.7 Å². The van der Waals surface area contributed by atoms with Gasteiger partial charge in [-0.3, -0.25) is 9.59 Å². The van der Waals surface area contributed by atoms with E-state index in [1.54, 1.807) is 47.2 Å². The molecule has 0 N–H and O–H groups in total. The highest BCUT2D eigenvalue weighted by Gasteiger charge is 2.23. The quantitative estimate of drug-likeness (QED) is 0.257. The van der Waals surface area contributed by atoms with Gasteiger partial charge < -0.3 is 19.6 Å². The molecule has 2 saturated heterocycles. The summed E-state index contributed by atoms with van der Waals surface area (Å²) in [4.78, 5) is 41.4. The van der Waals surface area contributed by atoms with Gasteiger partial charge in [0.05, 0.1) is 11.1 Å². The molecule has 6 rings (SSSR count). The van der Waals surface area contributed by atoms with Gasteiger partial charge in [-0.1, -0.05) is 12.1 Å². The average Bonchev–Trinajstić information content (AvgIpc) is 3.87. The number of aromatic nitrogens is 2. The molecule has 248 valence electrons. The summed E-state index contributed by atoms with van der Waals surface area (Å²) in [6.07, 6.45) is 5.34. The Kier molecular flexibility index (Phi) is 12.0. The van der Waals surface area contributed by atoms with E-state index in [0.717, 1.165) is 47.6 Å². The molecule has 4 aromatic rings. The van der Waals surface area contributed by atoms with Crippen LogP contribution in [-0.4, -0.2) is 83.9 Å². The number of anilines is 2. The SMILES string of the molecule is N#Cc1cc(CCC(=O)N2CCN(c3nccs3)CC2)ccc1F.N#Cc1cc(CCC(=O)N2CCN(c3nccs3)CC2)ccc1F. The number of thiazole rings is 2. The van der Waals surface area contributed by atoms with Crippen molar-refractivity contribution in [2.24, 2.45) is 0 Å². The van der Waals surface area contributed by atoms with Crippen LogP contribution in [0.2, 0.25) is 0 Å². The molecule has 0 unspecified atom stereocenters. The molecule has 0 bridgehead atoms. The molecule has 0 radical (unpaired) electrons. The molecule has 2 fully saturated rings. The number of rotatable bonds is 8. The third-order valence-electron chi connectivity index (χ3n) is 8.20. The molecule has 0 aliphatic carbocycles. The summed E-state index contributed by atoms with van der Waals surface area (Å²) < 4.78 is 26.6. The zero-order valence-corrected chi connectivity index (χ0v) is 27.9. The van der Waals surface area contributed by atoms with Crippen LogP contribution in [0, 0.1) is 34.3 Å². The number of aryl methyl sites for hydroxylation is 2. The maximum Gasteiger partial charge on any atom is 0.223 e. The predicted molar refractivity (Wildman–Crippen MR) is 181 cm³/mol. The van der Waals surface area contributed by atoms with Gasteiger partial charge in [-0.2, -0.15) is 10.5 Å². The maximum atomic E-state index is 13.3. The van der Waals surface area contributed by atoms with Crippen LogP contribution in [0.1, 0.15) is 35.1 Å². The normalized spacial score (nSPS) is 14.5. The summed E-state index contributed by atoms with van der Waals surface area (Å²) in [5.74, 6) is -0.856. The number of hydrogen-bond donors (Lipinski definition) is 0. The standard InChI is InChI=1S/2C17H17FN4OS/c2*18-15-3-1-13(11-14(15)12-19)2-4-16(23)21-6-8-22(9-7-21)17-20-5-10-24-17/h2*1,3,5,10-11H,2,4,6-9H2. The Morgan fingerprint density at radius 1 is 0.667 bits per heavy atom. The van der Waals surface area contributed by atoms with Crippen LogP contribution in [0.4, 0.5) is 19.0 Å². The third kappa shape index (κ3) is 9.12. The predicted octanol–water partition coefficient (Wildman–Crippen LogP) is 4.87. The molecule has 48 heavy (non-hydrogen) atoms. The Balaban J connectivity index is 0.000000188. The largest absolute Gasteiger partial charge is 0.345 e. The van der Waals surface area contributed by atoms with Crippen molar-refractivity contribution in [2.75, 3.05) is 62.2 Å². The number of halogens is 2. The molecular formula is C34H34F2N8O2S2. The molecule has 0 atom stereocenters. The lowest BCUT2D eigenvalue weighted by Gasteiger charge is -2.34. The molecule has 4 heterocycles. The molecule has 2 aliphatic rings. The van der Waals surface area contributed by atoms with E-state index in [1.807, 2.05) is 32.7 Å². The number of amides is 2. The number of carbonyl (C=O) groups excluding carboxylic acids is 2. The van der Waals surface area contributed by atoms with Gasteiger partial charge >= 0.3 is 0 Å². The maximum absolute atomic E-state index is 13.3. The molecule has 2 aromatic heterocycles. The molecule has 2 amide bonds. The van der Waals surface area contributed by atoms with Crippen LogP contribution in [0.15, 0.2) is 59.6 Å². The Bertz CT molecular complexity index is 1630. The average molecular weight is 689 g/mol. The smallest absolute Gasteiger partial charge is 0.223 e. The highest BCUT2D eigenvalue weighted by Crippen LogP contribution is 2.21. The zero-order chi connectivity index (χ0) is 33.9. The van der Waals surface area contributed by atoms with Gasteiger partial charge in [0.2, 0.25) is 11.8 Å². The van der Waals surface area contributed by atoms with Gasteiger partial charge in [0.25, 0.3) is 0 Å². The second-order valence-electron chi connectivity index (χ2n) is 11.2. The topological polar surface area (TPSA) is 120 Å². The second-order valence-corrected chi connectivity index (χ2v) is 13.0. The van der Waals surface area contributed by atoms with Crippen molar-refractivity contribution in [3.63, 3.8) is 0 Å². The Morgan fingerprint density at radius 2 is 1.06 bits per heavy atom. The number of piperazine rings is 2. The Morgan fingerprint density at radius 3 is 1.40 bits per heavy atom. The minimum Gasteiger partial charge on any atom is -0.345 e. The number of carbonyl (C=O) groups is 2. The van der Waals surface area contributed by atoms with Crippen molar-refractivity contribution in [3.05, 3.63) is 93.4 Å². The first-order valence-corrected chi connectivity index (χ1v) is 17.3. The van der Waals surface area contributed by atoms with Crippen molar-refractivity contribution in [3.8, 4) is 12.1 Å². The van der Waals surface area contributed by atoms with E-state index in [0.29, 0.717) is 51.9 Å². The number of nitrogens with zero attached hydrogens (tertiary/aromatic N) is 8. The fourth-order valence-electron chi connectivity index (χ4n) is 5.48. The van der Waals surface area contributed by atoms with E-state index < -0.39 is 11.6 Å². The lowest BCUT2D eigenvalue weighted by Crippen LogP contribution is -2.48. The van der Waals surface area contributed by atoms with Crippen molar-refractivity contribution in [2.45, 2.75) is 25.7 Å². The van der Waals surface area contributed by atoms with Crippen molar-refractivity contribution >= 4 is 44.8 Å². The Hall–Kier alpha value is -4.92. The van der Waals surface area contributed by atoms with Crippen LogP contribution in [-0.2, 0) is 22.4 Å². The van der Waals surface area contributed by atoms with Gasteiger partial charge in [-0.05, 0) is 48.2 Å². The number of nitriles is 2. The molecule has 14 heteroatoms. The van der Waals surface area contributed by atoms with E-state index in [-0.39, 0.29) is 22.9 Å². The van der Waals surface area contributed by atoms with E-state index >= 15 is 0 Å². The zero-order valence-electron chi connectivity index (χ0n) is 26.2.